The lowest BCUT2D eigenvalue weighted by atomic mass is 10.1. The largest absolute Gasteiger partial charge is 0.497 e. The number of rotatable bonds is 5. The van der Waals surface area contributed by atoms with Gasteiger partial charge in [0.15, 0.2) is 5.65 Å². The number of ether oxygens (including phenoxy) is 1. The monoisotopic (exact) mass is 315 g/mol. The summed E-state index contributed by atoms with van der Waals surface area (Å²) >= 11 is 1.20. The first kappa shape index (κ1) is 14.3. The molecule has 112 valence electrons. The zero-order valence-corrected chi connectivity index (χ0v) is 12.6. The number of nitrogens with two attached hydrogens (primary N) is 1. The second-order valence-electron chi connectivity index (χ2n) is 4.46. The molecule has 2 N–H and O–H groups in total. The van der Waals surface area contributed by atoms with Crippen LogP contribution in [0.1, 0.15) is 0 Å². The lowest BCUT2D eigenvalue weighted by molar-refractivity contribution is -0.115. The first-order chi connectivity index (χ1) is 10.7. The van der Waals surface area contributed by atoms with Crippen molar-refractivity contribution < 1.29 is 9.53 Å². The summed E-state index contributed by atoms with van der Waals surface area (Å²) in [6.07, 6.45) is 0. The average molecular weight is 315 g/mol. The van der Waals surface area contributed by atoms with E-state index in [0.29, 0.717) is 10.8 Å². The average Bonchev–Trinajstić information content (AvgIpc) is 2.95. The highest BCUT2D eigenvalue weighted by Crippen LogP contribution is 2.23. The molecule has 8 heteroatoms. The molecule has 0 bridgehead atoms. The number of carbonyl (C=O) groups excluding carboxylic acids is 1. The van der Waals surface area contributed by atoms with Gasteiger partial charge in [-0.05, 0) is 24.3 Å². The van der Waals surface area contributed by atoms with Gasteiger partial charge in [0, 0.05) is 5.56 Å². The molecule has 1 aromatic carbocycles. The Morgan fingerprint density at radius 3 is 2.95 bits per heavy atom. The van der Waals surface area contributed by atoms with Crippen LogP contribution in [-0.2, 0) is 4.79 Å². The van der Waals surface area contributed by atoms with Crippen LogP contribution in [0.3, 0.4) is 0 Å². The standard InChI is InChI=1S/C14H13N5O2S/c1-21-10-4-2-3-9(7-10)11-5-6-13-16-17-14(19(13)18-11)22-8-12(15)20/h2-7H,8H2,1H3,(H2,15,20). The van der Waals surface area contributed by atoms with Crippen molar-refractivity contribution in [2.24, 2.45) is 5.73 Å². The number of thioether (sulfide) groups is 1. The van der Waals surface area contributed by atoms with E-state index >= 15 is 0 Å². The Kier molecular flexibility index (Phi) is 3.92. The molecule has 2 aromatic heterocycles. The van der Waals surface area contributed by atoms with E-state index in [1.165, 1.54) is 11.8 Å². The van der Waals surface area contributed by atoms with E-state index in [4.69, 9.17) is 10.5 Å². The summed E-state index contributed by atoms with van der Waals surface area (Å²) in [6.45, 7) is 0. The molecule has 3 rings (SSSR count). The number of amides is 1. The molecule has 0 saturated carbocycles. The molecule has 0 spiro atoms. The number of carbonyl (C=O) groups is 1. The van der Waals surface area contributed by atoms with Crippen molar-refractivity contribution in [2.45, 2.75) is 5.16 Å². The van der Waals surface area contributed by atoms with Crippen molar-refractivity contribution in [2.75, 3.05) is 12.9 Å². The van der Waals surface area contributed by atoms with Gasteiger partial charge in [-0.3, -0.25) is 4.79 Å². The molecule has 0 saturated heterocycles. The molecular formula is C14H13N5O2S. The SMILES string of the molecule is COc1cccc(-c2ccc3nnc(SCC(N)=O)n3n2)c1. The Morgan fingerprint density at radius 1 is 1.32 bits per heavy atom. The van der Waals surface area contributed by atoms with Gasteiger partial charge in [-0.25, -0.2) is 0 Å². The van der Waals surface area contributed by atoms with Crippen LogP contribution in [0.15, 0.2) is 41.6 Å². The highest BCUT2D eigenvalue weighted by molar-refractivity contribution is 7.99. The molecular weight excluding hydrogens is 302 g/mol. The predicted molar refractivity (Wildman–Crippen MR) is 82.7 cm³/mol. The fraction of sp³-hybridized carbons (Fsp3) is 0.143. The Bertz CT molecular complexity index is 833. The maximum atomic E-state index is 10.9. The fourth-order valence-corrected chi connectivity index (χ4v) is 2.56. The molecule has 0 aliphatic carbocycles. The first-order valence-electron chi connectivity index (χ1n) is 6.45. The highest BCUT2D eigenvalue weighted by atomic mass is 32.2. The fourth-order valence-electron chi connectivity index (χ4n) is 1.93. The van der Waals surface area contributed by atoms with E-state index in [1.807, 2.05) is 36.4 Å². The number of methoxy groups -OCH3 is 1. The molecule has 0 atom stereocenters. The summed E-state index contributed by atoms with van der Waals surface area (Å²) < 4.78 is 6.82. The third kappa shape index (κ3) is 2.86. The summed E-state index contributed by atoms with van der Waals surface area (Å²) in [6, 6.07) is 11.3. The van der Waals surface area contributed by atoms with Gasteiger partial charge >= 0.3 is 0 Å². The summed E-state index contributed by atoms with van der Waals surface area (Å²) in [5.74, 6) is 0.475. The van der Waals surface area contributed by atoms with E-state index in [2.05, 4.69) is 15.3 Å². The minimum absolute atomic E-state index is 0.131. The molecule has 22 heavy (non-hydrogen) atoms. The topological polar surface area (TPSA) is 95.4 Å². The number of hydrogen-bond acceptors (Lipinski definition) is 6. The molecule has 7 nitrogen and oxygen atoms in total. The van der Waals surface area contributed by atoms with Crippen LogP contribution in [0.5, 0.6) is 5.75 Å². The number of aromatic nitrogens is 4. The first-order valence-corrected chi connectivity index (χ1v) is 7.44. The van der Waals surface area contributed by atoms with Crippen LogP contribution < -0.4 is 10.5 Å². The van der Waals surface area contributed by atoms with E-state index < -0.39 is 5.91 Å². The summed E-state index contributed by atoms with van der Waals surface area (Å²) in [4.78, 5) is 10.9. The summed E-state index contributed by atoms with van der Waals surface area (Å²) in [5, 5.41) is 13.1. The number of hydrogen-bond donors (Lipinski definition) is 1. The van der Waals surface area contributed by atoms with Crippen molar-refractivity contribution in [3.8, 4) is 17.0 Å². The van der Waals surface area contributed by atoms with E-state index in [1.54, 1.807) is 11.6 Å². The van der Waals surface area contributed by atoms with Gasteiger partial charge in [0.2, 0.25) is 11.1 Å². The van der Waals surface area contributed by atoms with Gasteiger partial charge in [-0.2, -0.15) is 9.61 Å². The lowest BCUT2D eigenvalue weighted by Gasteiger charge is -2.05. The van der Waals surface area contributed by atoms with Gasteiger partial charge in [0.05, 0.1) is 18.6 Å². The third-order valence-electron chi connectivity index (χ3n) is 2.94. The molecule has 0 aliphatic rings. The zero-order chi connectivity index (χ0) is 15.5. The Morgan fingerprint density at radius 2 is 2.18 bits per heavy atom. The third-order valence-corrected chi connectivity index (χ3v) is 3.88. The van der Waals surface area contributed by atoms with Gasteiger partial charge in [0.1, 0.15) is 5.75 Å². The number of nitrogens with zero attached hydrogens (tertiary/aromatic N) is 4. The van der Waals surface area contributed by atoms with Gasteiger partial charge in [-0.1, -0.05) is 23.9 Å². The number of primary amides is 1. The Hall–Kier alpha value is -2.61. The molecule has 0 aliphatic heterocycles. The maximum Gasteiger partial charge on any atom is 0.227 e. The van der Waals surface area contributed by atoms with E-state index in [9.17, 15) is 4.79 Å². The molecule has 2 heterocycles. The molecule has 3 aromatic rings. The van der Waals surface area contributed by atoms with Gasteiger partial charge in [0.25, 0.3) is 0 Å². The van der Waals surface area contributed by atoms with Crippen LogP contribution in [0.25, 0.3) is 16.9 Å². The predicted octanol–water partition coefficient (Wildman–Crippen LogP) is 1.38. The Balaban J connectivity index is 2.00. The molecule has 0 unspecified atom stereocenters. The van der Waals surface area contributed by atoms with E-state index in [-0.39, 0.29) is 5.75 Å². The maximum absolute atomic E-state index is 10.9. The molecule has 0 fully saturated rings. The van der Waals surface area contributed by atoms with Crippen LogP contribution in [-0.4, -0.2) is 38.6 Å². The highest BCUT2D eigenvalue weighted by Gasteiger charge is 2.10. The van der Waals surface area contributed by atoms with Gasteiger partial charge in [-0.15, -0.1) is 10.2 Å². The Labute approximate surface area is 130 Å². The summed E-state index contributed by atoms with van der Waals surface area (Å²) in [5.41, 5.74) is 7.44. The minimum atomic E-state index is -0.411. The van der Waals surface area contributed by atoms with Crippen molar-refractivity contribution in [1.82, 2.24) is 19.8 Å². The smallest absolute Gasteiger partial charge is 0.227 e. The lowest BCUT2D eigenvalue weighted by Crippen LogP contribution is -2.13. The number of fused-ring (bicyclic) bond motifs is 1. The second kappa shape index (κ2) is 6.02. The van der Waals surface area contributed by atoms with Crippen molar-refractivity contribution in [1.29, 1.82) is 0 Å². The molecule has 1 amide bonds. The molecule has 0 radical (unpaired) electrons. The van der Waals surface area contributed by atoms with Gasteiger partial charge < -0.3 is 10.5 Å². The normalized spacial score (nSPS) is 10.8. The van der Waals surface area contributed by atoms with Crippen LogP contribution in [0, 0.1) is 0 Å². The van der Waals surface area contributed by atoms with Crippen molar-refractivity contribution >= 4 is 23.3 Å². The van der Waals surface area contributed by atoms with Crippen LogP contribution in [0.2, 0.25) is 0 Å². The second-order valence-corrected chi connectivity index (χ2v) is 5.40. The van der Waals surface area contributed by atoms with Crippen molar-refractivity contribution in [3.63, 3.8) is 0 Å². The van der Waals surface area contributed by atoms with Crippen LogP contribution >= 0.6 is 11.8 Å². The number of benzene rings is 1. The van der Waals surface area contributed by atoms with Crippen molar-refractivity contribution in [3.05, 3.63) is 36.4 Å². The quantitative estimate of drug-likeness (QED) is 0.715. The summed E-state index contributed by atoms with van der Waals surface area (Å²) in [7, 11) is 1.62. The van der Waals surface area contributed by atoms with E-state index in [0.717, 1.165) is 17.0 Å². The zero-order valence-electron chi connectivity index (χ0n) is 11.8. The minimum Gasteiger partial charge on any atom is -0.497 e. The van der Waals surface area contributed by atoms with Crippen LogP contribution in [0.4, 0.5) is 0 Å².